The fourth-order valence-corrected chi connectivity index (χ4v) is 12.6. The minimum atomic E-state index is -4.85. The van der Waals surface area contributed by atoms with E-state index in [4.69, 9.17) is 18.4 Å². The summed E-state index contributed by atoms with van der Waals surface area (Å²) < 4.78 is 74.7. The molecule has 5 aliphatic rings. The summed E-state index contributed by atoms with van der Waals surface area (Å²) in [5.41, 5.74) is -0.770. The zero-order valence-corrected chi connectivity index (χ0v) is 40.2. The molecule has 14 heteroatoms. The largest absolute Gasteiger partial charge is 0.508 e. The number of carbonyl (C=O) groups excluding carboxylic acids is 2. The summed E-state index contributed by atoms with van der Waals surface area (Å²) in [6.07, 6.45) is -2.97. The van der Waals surface area contributed by atoms with Crippen molar-refractivity contribution in [3.63, 3.8) is 0 Å². The van der Waals surface area contributed by atoms with Gasteiger partial charge in [-0.15, -0.1) is 0 Å². The normalized spacial score (nSPS) is 24.2. The van der Waals surface area contributed by atoms with Crippen molar-refractivity contribution >= 4 is 19.9 Å². The molecule has 5 atom stereocenters. The molecule has 356 valence electrons. The maximum atomic E-state index is 16.2. The topological polar surface area (TPSA) is 115 Å². The molecule has 1 unspecified atom stereocenters. The predicted molar refractivity (Wildman–Crippen MR) is 252 cm³/mol. The number of ketones is 2. The lowest BCUT2D eigenvalue weighted by Crippen LogP contribution is -2.66. The second-order valence-electron chi connectivity index (χ2n) is 20.7. The molecule has 68 heavy (non-hydrogen) atoms. The molecule has 4 aromatic carbocycles. The van der Waals surface area contributed by atoms with Gasteiger partial charge in [0.2, 0.25) is 5.78 Å². The van der Waals surface area contributed by atoms with Crippen LogP contribution in [0.15, 0.2) is 113 Å². The van der Waals surface area contributed by atoms with Gasteiger partial charge in [0, 0.05) is 37.2 Å². The first-order valence-corrected chi connectivity index (χ1v) is 26.7. The van der Waals surface area contributed by atoms with Crippen LogP contribution in [0.25, 0.3) is 0 Å². The van der Waals surface area contributed by atoms with Crippen LogP contribution in [0, 0.1) is 11.8 Å². The minimum Gasteiger partial charge on any atom is -0.508 e. The molecular weight excluding hydrogens is 888 g/mol. The highest BCUT2D eigenvalue weighted by Gasteiger charge is 2.68. The van der Waals surface area contributed by atoms with Crippen molar-refractivity contribution in [3.05, 3.63) is 159 Å². The fourth-order valence-electron chi connectivity index (χ4n) is 11.1. The standard InChI is InChI=1S/C54H58F3N3O7Si/c1-52(2,3)68(4,5)67-53-39(46(59-25-16-26-59)48-44(50(53)63)51(58-66-48)65-32-35-21-13-8-14-22-35)28-36-27-38-43(47(61)42(36)49(53)62)41(64-31-34-19-11-7-12-20-34)29-37(45(38)54(55,56)57)40-23-15-24-60(40)30-33-17-9-6-10-18-33/h6-14,17-22,29,36,39-40,46,62H,15-16,23-28,30-32H2,1-5H3/t36-,39-,40?,46-,53-/m0/s1. The van der Waals surface area contributed by atoms with E-state index < -0.39 is 71.9 Å². The molecule has 3 heterocycles. The summed E-state index contributed by atoms with van der Waals surface area (Å²) >= 11 is 0. The number of fused-ring (bicyclic) bond motifs is 4. The minimum absolute atomic E-state index is 0.00926. The molecule has 1 N–H and O–H groups in total. The highest BCUT2D eigenvalue weighted by atomic mass is 28.4. The highest BCUT2D eigenvalue weighted by Crippen LogP contribution is 2.61. The predicted octanol–water partition coefficient (Wildman–Crippen LogP) is 11.8. The van der Waals surface area contributed by atoms with Crippen LogP contribution in [-0.4, -0.2) is 65.2 Å². The van der Waals surface area contributed by atoms with E-state index in [1.807, 2.05) is 125 Å². The van der Waals surface area contributed by atoms with Gasteiger partial charge in [-0.1, -0.05) is 112 Å². The number of hydrogen-bond acceptors (Lipinski definition) is 10. The van der Waals surface area contributed by atoms with Gasteiger partial charge in [-0.25, -0.2) is 0 Å². The molecule has 10 rings (SSSR count). The number of rotatable bonds is 12. The van der Waals surface area contributed by atoms with Gasteiger partial charge in [0.1, 0.15) is 30.3 Å². The SMILES string of the molecule is CC(C)(C)[Si](C)(C)O[C@@]12C(=O)c3c(OCc4ccccc4)noc3[C@@H](N3CCC3)[C@@H]1C[C@@H]1Cc3c(c(OCc4ccccc4)cc(C4CCCN4Cc4ccccc4)c3C(F)(F)F)C(=O)C1=C2O. The first-order valence-electron chi connectivity index (χ1n) is 23.8. The number of ether oxygens (including phenoxy) is 2. The highest BCUT2D eigenvalue weighted by molar-refractivity contribution is 6.74. The van der Waals surface area contributed by atoms with Crippen molar-refractivity contribution in [2.45, 2.75) is 115 Å². The van der Waals surface area contributed by atoms with Crippen LogP contribution in [0.3, 0.4) is 0 Å². The third-order valence-electron chi connectivity index (χ3n) is 15.5. The van der Waals surface area contributed by atoms with Gasteiger partial charge < -0.3 is 23.5 Å². The number of allylic oxidation sites excluding steroid dienone is 1. The van der Waals surface area contributed by atoms with Crippen molar-refractivity contribution < 1.29 is 46.3 Å². The van der Waals surface area contributed by atoms with Gasteiger partial charge in [0.25, 0.3) is 5.88 Å². The zero-order valence-electron chi connectivity index (χ0n) is 39.2. The maximum Gasteiger partial charge on any atom is 0.417 e. The summed E-state index contributed by atoms with van der Waals surface area (Å²) in [5, 5.41) is 17.1. The van der Waals surface area contributed by atoms with Gasteiger partial charge in [0.15, 0.2) is 25.5 Å². The molecule has 1 aromatic heterocycles. The van der Waals surface area contributed by atoms with E-state index >= 15 is 22.8 Å². The number of benzene rings is 4. The molecule has 0 bridgehead atoms. The summed E-state index contributed by atoms with van der Waals surface area (Å²) in [6.45, 7) is 12.4. The Balaban J connectivity index is 1.16. The van der Waals surface area contributed by atoms with Crippen molar-refractivity contribution in [2.75, 3.05) is 19.6 Å². The number of aromatic nitrogens is 1. The molecule has 3 aliphatic carbocycles. The molecular formula is C54H58F3N3O7Si. The first kappa shape index (κ1) is 46.2. The lowest BCUT2D eigenvalue weighted by Gasteiger charge is -2.56. The van der Waals surface area contributed by atoms with Gasteiger partial charge >= 0.3 is 6.18 Å². The Kier molecular flexibility index (Phi) is 11.9. The van der Waals surface area contributed by atoms with Crippen molar-refractivity contribution in [3.8, 4) is 11.6 Å². The van der Waals surface area contributed by atoms with E-state index in [2.05, 4.69) is 15.0 Å². The summed E-state index contributed by atoms with van der Waals surface area (Å²) in [7, 11) is -3.06. The lowest BCUT2D eigenvalue weighted by atomic mass is 9.58. The number of hydrogen-bond donors (Lipinski definition) is 1. The molecule has 0 saturated carbocycles. The van der Waals surface area contributed by atoms with Crippen molar-refractivity contribution in [2.24, 2.45) is 11.8 Å². The summed E-state index contributed by atoms with van der Waals surface area (Å²) in [6, 6.07) is 28.5. The third kappa shape index (κ3) is 7.90. The van der Waals surface area contributed by atoms with Gasteiger partial charge in [-0.05, 0) is 102 Å². The smallest absolute Gasteiger partial charge is 0.417 e. The van der Waals surface area contributed by atoms with Crippen LogP contribution in [0.2, 0.25) is 18.1 Å². The first-order chi connectivity index (χ1) is 32.5. The molecule has 10 nitrogen and oxygen atoms in total. The number of halogens is 3. The Bertz CT molecular complexity index is 2750. The monoisotopic (exact) mass is 945 g/mol. The van der Waals surface area contributed by atoms with E-state index in [-0.39, 0.29) is 71.3 Å². The zero-order chi connectivity index (χ0) is 47.8. The van der Waals surface area contributed by atoms with Crippen molar-refractivity contribution in [1.29, 1.82) is 0 Å². The number of likely N-dealkylation sites (tertiary alicyclic amines) is 2. The lowest BCUT2D eigenvalue weighted by molar-refractivity contribution is -0.139. The van der Waals surface area contributed by atoms with E-state index in [0.29, 0.717) is 39.0 Å². The van der Waals surface area contributed by atoms with Crippen LogP contribution in [0.4, 0.5) is 13.2 Å². The van der Waals surface area contributed by atoms with E-state index in [1.165, 1.54) is 6.07 Å². The van der Waals surface area contributed by atoms with Crippen LogP contribution in [0.5, 0.6) is 11.6 Å². The number of aliphatic hydroxyl groups excluding tert-OH is 1. The maximum absolute atomic E-state index is 16.2. The molecule has 2 aliphatic heterocycles. The number of alkyl halides is 3. The average molecular weight is 946 g/mol. The van der Waals surface area contributed by atoms with Crippen LogP contribution >= 0.6 is 0 Å². The Hall–Kier alpha value is -5.54. The van der Waals surface area contributed by atoms with E-state index in [1.54, 1.807) is 0 Å². The molecule has 0 radical (unpaired) electrons. The average Bonchev–Trinajstić information content (AvgIpc) is 3.93. The van der Waals surface area contributed by atoms with Gasteiger partial charge in [-0.2, -0.15) is 13.2 Å². The van der Waals surface area contributed by atoms with Crippen LogP contribution in [-0.2, 0) is 36.8 Å². The molecule has 2 saturated heterocycles. The Labute approximate surface area is 396 Å². The Morgan fingerprint density at radius 1 is 0.838 bits per heavy atom. The van der Waals surface area contributed by atoms with Crippen molar-refractivity contribution in [1.82, 2.24) is 15.0 Å². The second kappa shape index (κ2) is 17.5. The number of carbonyl (C=O) groups is 2. The molecule has 0 amide bonds. The van der Waals surface area contributed by atoms with Crippen LogP contribution in [0.1, 0.15) is 118 Å². The summed E-state index contributed by atoms with van der Waals surface area (Å²) in [5.74, 6) is -3.55. The van der Waals surface area contributed by atoms with Crippen LogP contribution < -0.4 is 9.47 Å². The van der Waals surface area contributed by atoms with E-state index in [0.717, 1.165) is 23.1 Å². The summed E-state index contributed by atoms with van der Waals surface area (Å²) in [4.78, 5) is 35.8. The number of nitrogens with zero attached hydrogens (tertiary/aromatic N) is 3. The second-order valence-corrected chi connectivity index (χ2v) is 25.4. The Morgan fingerprint density at radius 2 is 1.46 bits per heavy atom. The molecule has 2 fully saturated rings. The molecule has 5 aromatic rings. The molecule has 0 spiro atoms. The number of Topliss-reactive ketones (excluding diaryl/α,β-unsaturated/α-hetero) is 2. The Morgan fingerprint density at radius 3 is 2.04 bits per heavy atom. The third-order valence-corrected chi connectivity index (χ3v) is 20.0. The van der Waals surface area contributed by atoms with E-state index in [9.17, 15) is 5.11 Å². The fraction of sp³-hybridized carbons (Fsp3) is 0.426. The van der Waals surface area contributed by atoms with Gasteiger partial charge in [-0.3, -0.25) is 19.4 Å². The number of aliphatic hydroxyl groups is 1. The quantitative estimate of drug-likeness (QED) is 0.121. The van der Waals surface area contributed by atoms with Gasteiger partial charge in [0.05, 0.1) is 17.2 Å².